The van der Waals surface area contributed by atoms with Gasteiger partial charge in [-0.15, -0.1) is 0 Å². The maximum atomic E-state index is 12.3. The lowest BCUT2D eigenvalue weighted by Gasteiger charge is -2.10. The SMILES string of the molecule is CC[C@@H](CI)CC(C)F. The first-order valence-corrected chi connectivity index (χ1v) is 4.93. The summed E-state index contributed by atoms with van der Waals surface area (Å²) in [6.07, 6.45) is 1.22. The molecule has 0 bridgehead atoms. The van der Waals surface area contributed by atoms with E-state index in [1.165, 1.54) is 0 Å². The molecule has 0 aromatic carbocycles. The van der Waals surface area contributed by atoms with Crippen LogP contribution in [-0.2, 0) is 0 Å². The Labute approximate surface area is 70.4 Å². The van der Waals surface area contributed by atoms with Gasteiger partial charge < -0.3 is 0 Å². The largest absolute Gasteiger partial charge is 0.248 e. The van der Waals surface area contributed by atoms with E-state index in [1.54, 1.807) is 6.92 Å². The second kappa shape index (κ2) is 5.45. The van der Waals surface area contributed by atoms with Crippen molar-refractivity contribution in [3.05, 3.63) is 0 Å². The third kappa shape index (κ3) is 5.12. The van der Waals surface area contributed by atoms with Gasteiger partial charge in [-0.2, -0.15) is 0 Å². The summed E-state index contributed by atoms with van der Waals surface area (Å²) in [5.41, 5.74) is 0. The first-order chi connectivity index (χ1) is 4.20. The quantitative estimate of drug-likeness (QED) is 0.526. The van der Waals surface area contributed by atoms with Gasteiger partial charge in [0.15, 0.2) is 0 Å². The summed E-state index contributed by atoms with van der Waals surface area (Å²) >= 11 is 2.32. The highest BCUT2D eigenvalue weighted by atomic mass is 127. The number of alkyl halides is 2. The summed E-state index contributed by atoms with van der Waals surface area (Å²) in [5.74, 6) is 0.589. The van der Waals surface area contributed by atoms with Crippen LogP contribution in [0.1, 0.15) is 26.7 Å². The molecule has 0 amide bonds. The van der Waals surface area contributed by atoms with Gasteiger partial charge in [0.25, 0.3) is 0 Å². The van der Waals surface area contributed by atoms with E-state index in [4.69, 9.17) is 0 Å². The van der Waals surface area contributed by atoms with E-state index >= 15 is 0 Å². The van der Waals surface area contributed by atoms with E-state index in [-0.39, 0.29) is 0 Å². The summed E-state index contributed by atoms with van der Waals surface area (Å²) in [4.78, 5) is 0. The predicted molar refractivity (Wildman–Crippen MR) is 47.9 cm³/mol. The average molecular weight is 244 g/mol. The zero-order chi connectivity index (χ0) is 7.28. The van der Waals surface area contributed by atoms with Crippen molar-refractivity contribution in [1.29, 1.82) is 0 Å². The number of halogens is 2. The average Bonchev–Trinajstić information content (AvgIpc) is 1.82. The number of rotatable bonds is 4. The minimum absolute atomic E-state index is 0.589. The Morgan fingerprint density at radius 2 is 2.11 bits per heavy atom. The molecule has 9 heavy (non-hydrogen) atoms. The van der Waals surface area contributed by atoms with Crippen molar-refractivity contribution in [3.63, 3.8) is 0 Å². The second-order valence-corrected chi connectivity index (χ2v) is 3.33. The summed E-state index contributed by atoms with van der Waals surface area (Å²) in [6, 6.07) is 0. The first-order valence-electron chi connectivity index (χ1n) is 3.40. The van der Waals surface area contributed by atoms with Crippen LogP contribution in [0.25, 0.3) is 0 Å². The van der Waals surface area contributed by atoms with Crippen molar-refractivity contribution in [2.45, 2.75) is 32.9 Å². The lowest BCUT2D eigenvalue weighted by molar-refractivity contribution is 0.298. The maximum absolute atomic E-state index is 12.3. The Kier molecular flexibility index (Phi) is 5.84. The van der Waals surface area contributed by atoms with Crippen LogP contribution >= 0.6 is 22.6 Å². The Morgan fingerprint density at radius 1 is 1.56 bits per heavy atom. The van der Waals surface area contributed by atoms with Crippen molar-refractivity contribution in [2.24, 2.45) is 5.92 Å². The van der Waals surface area contributed by atoms with Crippen molar-refractivity contribution in [3.8, 4) is 0 Å². The van der Waals surface area contributed by atoms with E-state index in [0.29, 0.717) is 5.92 Å². The minimum Gasteiger partial charge on any atom is -0.248 e. The van der Waals surface area contributed by atoms with Crippen molar-refractivity contribution >= 4 is 22.6 Å². The second-order valence-electron chi connectivity index (χ2n) is 2.45. The molecule has 0 nitrogen and oxygen atoms in total. The van der Waals surface area contributed by atoms with Crippen LogP contribution in [0.15, 0.2) is 0 Å². The Balaban J connectivity index is 3.31. The third-order valence-corrected chi connectivity index (χ3v) is 2.70. The normalized spacial score (nSPS) is 17.3. The van der Waals surface area contributed by atoms with Crippen LogP contribution < -0.4 is 0 Å². The molecule has 0 aromatic rings. The van der Waals surface area contributed by atoms with Gasteiger partial charge in [0, 0.05) is 4.43 Å². The van der Waals surface area contributed by atoms with Gasteiger partial charge in [0.2, 0.25) is 0 Å². The Bertz CT molecular complexity index is 59.9. The molecular formula is C7H14FI. The molecule has 0 rings (SSSR count). The molecule has 2 heteroatoms. The zero-order valence-corrected chi connectivity index (χ0v) is 8.19. The van der Waals surface area contributed by atoms with Gasteiger partial charge in [0.1, 0.15) is 0 Å². The highest BCUT2D eigenvalue weighted by Crippen LogP contribution is 2.15. The van der Waals surface area contributed by atoms with E-state index in [9.17, 15) is 4.39 Å². The minimum atomic E-state index is -0.621. The predicted octanol–water partition coefficient (Wildman–Crippen LogP) is 3.20. The fraction of sp³-hybridized carbons (Fsp3) is 1.00. The third-order valence-electron chi connectivity index (χ3n) is 1.45. The molecule has 0 aromatic heterocycles. The van der Waals surface area contributed by atoms with Crippen LogP contribution in [0.4, 0.5) is 4.39 Å². The van der Waals surface area contributed by atoms with Crippen LogP contribution in [0.3, 0.4) is 0 Å². The number of hydrogen-bond acceptors (Lipinski definition) is 0. The molecule has 1 unspecified atom stereocenters. The molecule has 0 aliphatic rings. The van der Waals surface area contributed by atoms with Gasteiger partial charge in [-0.3, -0.25) is 0 Å². The Morgan fingerprint density at radius 3 is 2.22 bits per heavy atom. The molecule has 0 aliphatic carbocycles. The smallest absolute Gasteiger partial charge is 0.0976 e. The first kappa shape index (κ1) is 9.66. The summed E-state index contributed by atoms with van der Waals surface area (Å²) < 4.78 is 13.4. The van der Waals surface area contributed by atoms with Gasteiger partial charge in [-0.05, 0) is 19.3 Å². The summed E-state index contributed by atoms with van der Waals surface area (Å²) in [7, 11) is 0. The standard InChI is InChI=1S/C7H14FI/c1-3-7(5-9)4-6(2)8/h6-7H,3-5H2,1-2H3/t6?,7-/m1/s1. The molecule has 56 valence electrons. The highest BCUT2D eigenvalue weighted by molar-refractivity contribution is 14.1. The van der Waals surface area contributed by atoms with E-state index in [1.807, 2.05) is 0 Å². The zero-order valence-electron chi connectivity index (χ0n) is 6.03. The van der Waals surface area contributed by atoms with Gasteiger partial charge in [-0.25, -0.2) is 4.39 Å². The van der Waals surface area contributed by atoms with Crippen LogP contribution in [0.5, 0.6) is 0 Å². The highest BCUT2D eigenvalue weighted by Gasteiger charge is 2.07. The van der Waals surface area contributed by atoms with Crippen LogP contribution in [0.2, 0.25) is 0 Å². The van der Waals surface area contributed by atoms with Crippen LogP contribution in [-0.4, -0.2) is 10.6 Å². The van der Waals surface area contributed by atoms with Crippen molar-refractivity contribution in [1.82, 2.24) is 0 Å². The lowest BCUT2D eigenvalue weighted by Crippen LogP contribution is -2.06. The van der Waals surface area contributed by atoms with E-state index in [2.05, 4.69) is 29.5 Å². The number of hydrogen-bond donors (Lipinski definition) is 0. The maximum Gasteiger partial charge on any atom is 0.0976 e. The lowest BCUT2D eigenvalue weighted by atomic mass is 10.0. The molecular weight excluding hydrogens is 230 g/mol. The molecule has 0 N–H and O–H groups in total. The molecule has 0 heterocycles. The van der Waals surface area contributed by atoms with Crippen molar-refractivity contribution < 1.29 is 4.39 Å². The monoisotopic (exact) mass is 244 g/mol. The summed E-state index contributed by atoms with van der Waals surface area (Å²) in [5, 5.41) is 0. The summed E-state index contributed by atoms with van der Waals surface area (Å²) in [6.45, 7) is 3.75. The molecule has 2 atom stereocenters. The molecule has 0 fully saturated rings. The van der Waals surface area contributed by atoms with Gasteiger partial charge in [-0.1, -0.05) is 35.9 Å². The van der Waals surface area contributed by atoms with E-state index in [0.717, 1.165) is 17.3 Å². The Hall–Kier alpha value is 0.660. The van der Waals surface area contributed by atoms with E-state index < -0.39 is 6.17 Å². The fourth-order valence-electron chi connectivity index (χ4n) is 0.798. The fourth-order valence-corrected chi connectivity index (χ4v) is 1.78. The van der Waals surface area contributed by atoms with Gasteiger partial charge >= 0.3 is 0 Å². The molecule has 0 saturated heterocycles. The van der Waals surface area contributed by atoms with Crippen molar-refractivity contribution in [2.75, 3.05) is 4.43 Å². The van der Waals surface area contributed by atoms with Crippen LogP contribution in [0, 0.1) is 5.92 Å². The van der Waals surface area contributed by atoms with Gasteiger partial charge in [0.05, 0.1) is 6.17 Å². The molecule has 0 aliphatic heterocycles. The molecule has 0 spiro atoms. The topological polar surface area (TPSA) is 0 Å². The molecule has 0 saturated carbocycles. The molecule has 0 radical (unpaired) electrons.